The quantitative estimate of drug-likeness (QED) is 0.840. The topological polar surface area (TPSA) is 64.6 Å². The van der Waals surface area contributed by atoms with E-state index in [9.17, 15) is 9.59 Å². The van der Waals surface area contributed by atoms with Crippen molar-refractivity contribution in [1.82, 2.24) is 5.32 Å². The van der Waals surface area contributed by atoms with E-state index in [4.69, 9.17) is 9.47 Å². The van der Waals surface area contributed by atoms with Gasteiger partial charge in [0, 0.05) is 11.6 Å². The van der Waals surface area contributed by atoms with Crippen LogP contribution < -0.4 is 10.1 Å². The normalized spacial score (nSPS) is 26.0. The second kappa shape index (κ2) is 7.94. The lowest BCUT2D eigenvalue weighted by Crippen LogP contribution is -2.47. The van der Waals surface area contributed by atoms with Crippen molar-refractivity contribution in [2.45, 2.75) is 52.2 Å². The third-order valence-corrected chi connectivity index (χ3v) is 5.58. The highest BCUT2D eigenvalue weighted by atomic mass is 16.6. The molecule has 1 aliphatic heterocycles. The fourth-order valence-corrected chi connectivity index (χ4v) is 3.61. The van der Waals surface area contributed by atoms with E-state index in [0.29, 0.717) is 17.4 Å². The van der Waals surface area contributed by atoms with E-state index in [1.165, 1.54) is 6.42 Å². The minimum absolute atomic E-state index is 0.150. The van der Waals surface area contributed by atoms with Gasteiger partial charge in [-0.25, -0.2) is 4.79 Å². The van der Waals surface area contributed by atoms with Crippen molar-refractivity contribution in [3.05, 3.63) is 35.4 Å². The van der Waals surface area contributed by atoms with Gasteiger partial charge in [-0.2, -0.15) is 0 Å². The second-order valence-electron chi connectivity index (χ2n) is 7.43. The molecule has 1 aromatic carbocycles. The van der Waals surface area contributed by atoms with Gasteiger partial charge in [0.1, 0.15) is 12.4 Å². The van der Waals surface area contributed by atoms with Gasteiger partial charge in [-0.15, -0.1) is 0 Å². The Bertz CT molecular complexity index is 712. The number of benzene rings is 1. The van der Waals surface area contributed by atoms with Crippen LogP contribution in [0.2, 0.25) is 0 Å². The first-order valence-electron chi connectivity index (χ1n) is 9.39. The number of amides is 1. The van der Waals surface area contributed by atoms with Crippen LogP contribution in [0.5, 0.6) is 5.75 Å². The molecule has 3 rings (SSSR count). The summed E-state index contributed by atoms with van der Waals surface area (Å²) in [4.78, 5) is 24.8. The molecule has 1 N–H and O–H groups in total. The van der Waals surface area contributed by atoms with E-state index >= 15 is 0 Å². The maximum absolute atomic E-state index is 12.4. The third kappa shape index (κ3) is 4.09. The monoisotopic (exact) mass is 357 g/mol. The number of hydrogen-bond donors (Lipinski definition) is 1. The number of carbonyl (C=O) groups excluding carboxylic acids is 2. The Morgan fingerprint density at radius 1 is 1.23 bits per heavy atom. The van der Waals surface area contributed by atoms with Crippen LogP contribution in [0, 0.1) is 11.8 Å². The smallest absolute Gasteiger partial charge is 0.338 e. The molecule has 0 saturated heterocycles. The third-order valence-electron chi connectivity index (χ3n) is 5.58. The molecule has 26 heavy (non-hydrogen) atoms. The zero-order valence-corrected chi connectivity index (χ0v) is 15.7. The number of para-hydroxylation sites is 1. The molecule has 2 aliphatic rings. The summed E-state index contributed by atoms with van der Waals surface area (Å²) in [6.45, 7) is 6.16. The van der Waals surface area contributed by atoms with Gasteiger partial charge >= 0.3 is 5.97 Å². The van der Waals surface area contributed by atoms with E-state index in [0.717, 1.165) is 24.2 Å². The predicted octanol–water partition coefficient (Wildman–Crippen LogP) is 3.34. The fourth-order valence-electron chi connectivity index (χ4n) is 3.61. The maximum atomic E-state index is 12.4. The first-order valence-corrected chi connectivity index (χ1v) is 9.39. The Hall–Kier alpha value is -2.30. The number of nitrogens with one attached hydrogen (secondary N) is 1. The summed E-state index contributed by atoms with van der Waals surface area (Å²) < 4.78 is 10.9. The van der Waals surface area contributed by atoms with Crippen molar-refractivity contribution < 1.29 is 19.1 Å². The van der Waals surface area contributed by atoms with Gasteiger partial charge in [0.15, 0.2) is 6.10 Å². The molecule has 140 valence electrons. The van der Waals surface area contributed by atoms with Gasteiger partial charge in [-0.3, -0.25) is 4.79 Å². The van der Waals surface area contributed by atoms with Gasteiger partial charge in [0.05, 0.1) is 5.57 Å². The van der Waals surface area contributed by atoms with Crippen LogP contribution in [0.15, 0.2) is 29.8 Å². The van der Waals surface area contributed by atoms with Crippen LogP contribution in [0.4, 0.5) is 0 Å². The number of esters is 1. The number of carbonyl (C=O) groups is 2. The van der Waals surface area contributed by atoms with E-state index < -0.39 is 12.1 Å². The highest BCUT2D eigenvalue weighted by molar-refractivity contribution is 5.96. The van der Waals surface area contributed by atoms with Gasteiger partial charge in [-0.1, -0.05) is 44.9 Å². The molecule has 0 spiro atoms. The molecule has 0 radical (unpaired) electrons. The summed E-state index contributed by atoms with van der Waals surface area (Å²) in [5.41, 5.74) is 1.26. The van der Waals surface area contributed by atoms with Crippen LogP contribution in [0.1, 0.15) is 45.6 Å². The number of hydrogen-bond acceptors (Lipinski definition) is 4. The van der Waals surface area contributed by atoms with Crippen molar-refractivity contribution >= 4 is 18.0 Å². The molecule has 0 unspecified atom stereocenters. The molecule has 1 aromatic rings. The SMILES string of the molecule is C[C@@H]1[C@H](C)CCC[C@H]1NC(=O)[C@@H](C)OC(=O)C1=Cc2ccccc2OC1. The average molecular weight is 357 g/mol. The first-order chi connectivity index (χ1) is 12.5. The predicted molar refractivity (Wildman–Crippen MR) is 99.6 cm³/mol. The molecule has 1 fully saturated rings. The molecular weight excluding hydrogens is 330 g/mol. The van der Waals surface area contributed by atoms with Crippen LogP contribution in [-0.4, -0.2) is 30.6 Å². The molecule has 5 nitrogen and oxygen atoms in total. The lowest BCUT2D eigenvalue weighted by Gasteiger charge is -2.35. The summed E-state index contributed by atoms with van der Waals surface area (Å²) in [5.74, 6) is 1.03. The van der Waals surface area contributed by atoms with E-state index in [1.807, 2.05) is 24.3 Å². The average Bonchev–Trinajstić information content (AvgIpc) is 2.64. The molecule has 1 heterocycles. The maximum Gasteiger partial charge on any atom is 0.338 e. The Balaban J connectivity index is 1.57. The molecule has 1 saturated carbocycles. The van der Waals surface area contributed by atoms with Crippen LogP contribution in [0.3, 0.4) is 0 Å². The minimum atomic E-state index is -0.829. The van der Waals surface area contributed by atoms with Crippen molar-refractivity contribution in [3.63, 3.8) is 0 Å². The summed E-state index contributed by atoms with van der Waals surface area (Å²) in [7, 11) is 0. The zero-order chi connectivity index (χ0) is 18.7. The highest BCUT2D eigenvalue weighted by Crippen LogP contribution is 2.30. The summed E-state index contributed by atoms with van der Waals surface area (Å²) in [6.07, 6.45) is 4.23. The Labute approximate surface area is 154 Å². The molecule has 0 bridgehead atoms. The van der Waals surface area contributed by atoms with Crippen molar-refractivity contribution in [1.29, 1.82) is 0 Å². The molecule has 0 aromatic heterocycles. The van der Waals surface area contributed by atoms with E-state index in [1.54, 1.807) is 13.0 Å². The Morgan fingerprint density at radius 2 is 2.00 bits per heavy atom. The Morgan fingerprint density at radius 3 is 2.81 bits per heavy atom. The van der Waals surface area contributed by atoms with E-state index in [-0.39, 0.29) is 18.6 Å². The molecule has 1 aliphatic carbocycles. The number of rotatable bonds is 4. The fraction of sp³-hybridized carbons (Fsp3) is 0.524. The lowest BCUT2D eigenvalue weighted by atomic mass is 9.78. The molecule has 1 amide bonds. The lowest BCUT2D eigenvalue weighted by molar-refractivity contribution is -0.152. The molecule has 4 atom stereocenters. The first kappa shape index (κ1) is 18.5. The van der Waals surface area contributed by atoms with Crippen molar-refractivity contribution in [3.8, 4) is 5.75 Å². The summed E-state index contributed by atoms with van der Waals surface area (Å²) in [5, 5.41) is 3.06. The van der Waals surface area contributed by atoms with Crippen LogP contribution in [0.25, 0.3) is 6.08 Å². The van der Waals surface area contributed by atoms with Gasteiger partial charge in [0.25, 0.3) is 5.91 Å². The zero-order valence-electron chi connectivity index (χ0n) is 15.7. The largest absolute Gasteiger partial charge is 0.488 e. The second-order valence-corrected chi connectivity index (χ2v) is 7.43. The van der Waals surface area contributed by atoms with Gasteiger partial charge < -0.3 is 14.8 Å². The minimum Gasteiger partial charge on any atom is -0.488 e. The van der Waals surface area contributed by atoms with Crippen LogP contribution >= 0.6 is 0 Å². The van der Waals surface area contributed by atoms with Gasteiger partial charge in [-0.05, 0) is 37.3 Å². The summed E-state index contributed by atoms with van der Waals surface area (Å²) >= 11 is 0. The van der Waals surface area contributed by atoms with Crippen LogP contribution in [-0.2, 0) is 14.3 Å². The van der Waals surface area contributed by atoms with Gasteiger partial charge in [0.2, 0.25) is 0 Å². The molecule has 5 heteroatoms. The van der Waals surface area contributed by atoms with Crippen molar-refractivity contribution in [2.24, 2.45) is 11.8 Å². The molecular formula is C21H27NO4. The number of ether oxygens (including phenoxy) is 2. The highest BCUT2D eigenvalue weighted by Gasteiger charge is 2.30. The van der Waals surface area contributed by atoms with Crippen molar-refractivity contribution in [2.75, 3.05) is 6.61 Å². The standard InChI is InChI=1S/C21H27NO4/c1-13-7-6-9-18(14(13)2)22-20(23)15(3)26-21(24)17-11-16-8-4-5-10-19(16)25-12-17/h4-5,8,10-11,13-15,18H,6-7,9,12H2,1-3H3,(H,22,23)/t13-,14-,15-,18-/m1/s1. The summed E-state index contributed by atoms with van der Waals surface area (Å²) in [6, 6.07) is 7.65. The number of fused-ring (bicyclic) bond motifs is 1. The Kier molecular flexibility index (Phi) is 5.64. The van der Waals surface area contributed by atoms with E-state index in [2.05, 4.69) is 19.2 Å².